The van der Waals surface area contributed by atoms with Gasteiger partial charge in [-0.15, -0.1) is 0 Å². The minimum absolute atomic E-state index is 0.0254. The van der Waals surface area contributed by atoms with E-state index < -0.39 is 0 Å². The van der Waals surface area contributed by atoms with Crippen molar-refractivity contribution in [1.82, 2.24) is 4.98 Å². The van der Waals surface area contributed by atoms with Gasteiger partial charge in [0, 0.05) is 10.2 Å². The lowest BCUT2D eigenvalue weighted by molar-refractivity contribution is 0.318. The molecule has 5 nitrogen and oxygen atoms in total. The molecule has 0 aliphatic heterocycles. The van der Waals surface area contributed by atoms with Gasteiger partial charge in [-0.25, -0.2) is 0 Å². The number of nitrogens with zero attached hydrogens (tertiary/aromatic N) is 2. The van der Waals surface area contributed by atoms with Crippen LogP contribution in [0.25, 0.3) is 0 Å². The average Bonchev–Trinajstić information content (AvgIpc) is 2.41. The molecule has 0 aliphatic carbocycles. The van der Waals surface area contributed by atoms with Gasteiger partial charge in [0.1, 0.15) is 11.5 Å². The predicted molar refractivity (Wildman–Crippen MR) is 75.7 cm³/mol. The van der Waals surface area contributed by atoms with Crippen LogP contribution in [0.3, 0.4) is 0 Å². The van der Waals surface area contributed by atoms with E-state index in [1.165, 1.54) is 0 Å². The molecule has 1 heterocycles. The van der Waals surface area contributed by atoms with E-state index in [1.807, 2.05) is 13.0 Å². The highest BCUT2D eigenvalue weighted by Gasteiger charge is 2.13. The number of pyridine rings is 1. The molecule has 2 rings (SSSR count). The number of oxime groups is 1. The normalized spacial score (nSPS) is 11.4. The molecule has 6 heteroatoms. The lowest BCUT2D eigenvalue weighted by Crippen LogP contribution is -2.15. The van der Waals surface area contributed by atoms with Gasteiger partial charge in [0.15, 0.2) is 5.84 Å². The predicted octanol–water partition coefficient (Wildman–Crippen LogP) is 3.04. The molecule has 0 saturated heterocycles. The van der Waals surface area contributed by atoms with Crippen LogP contribution in [0.1, 0.15) is 11.3 Å². The summed E-state index contributed by atoms with van der Waals surface area (Å²) < 4.78 is 6.38. The number of ether oxygens (including phenoxy) is 1. The van der Waals surface area contributed by atoms with Crippen LogP contribution >= 0.6 is 15.9 Å². The Balaban J connectivity index is 2.40. The molecule has 0 aliphatic rings. The largest absolute Gasteiger partial charge is 0.455 e. The molecule has 1 aromatic heterocycles. The smallest absolute Gasteiger partial charge is 0.175 e. The number of halogens is 1. The third-order valence-electron chi connectivity index (χ3n) is 2.45. The Morgan fingerprint density at radius 2 is 2.16 bits per heavy atom. The first-order valence-corrected chi connectivity index (χ1v) is 6.28. The van der Waals surface area contributed by atoms with Crippen molar-refractivity contribution in [2.75, 3.05) is 0 Å². The summed E-state index contributed by atoms with van der Waals surface area (Å²) in [5.41, 5.74) is 7.04. The Morgan fingerprint density at radius 1 is 1.37 bits per heavy atom. The zero-order chi connectivity index (χ0) is 13.8. The zero-order valence-electron chi connectivity index (χ0n) is 10.2. The summed E-state index contributed by atoms with van der Waals surface area (Å²) in [5, 5.41) is 11.8. The van der Waals surface area contributed by atoms with Gasteiger partial charge in [0.25, 0.3) is 0 Å². The second-order valence-electron chi connectivity index (χ2n) is 3.84. The summed E-state index contributed by atoms with van der Waals surface area (Å²) in [7, 11) is 0. The van der Waals surface area contributed by atoms with Gasteiger partial charge in [-0.1, -0.05) is 11.2 Å². The van der Waals surface area contributed by atoms with Crippen molar-refractivity contribution in [3.63, 3.8) is 0 Å². The summed E-state index contributed by atoms with van der Waals surface area (Å²) >= 11 is 3.35. The molecular weight excluding hydrogens is 310 g/mol. The first-order valence-electron chi connectivity index (χ1n) is 5.48. The molecule has 0 amide bonds. The van der Waals surface area contributed by atoms with Crippen LogP contribution < -0.4 is 10.5 Å². The molecule has 1 aromatic carbocycles. The fraction of sp³-hybridized carbons (Fsp3) is 0.0769. The molecule has 0 radical (unpaired) electrons. The Morgan fingerprint density at radius 3 is 2.79 bits per heavy atom. The monoisotopic (exact) mass is 321 g/mol. The first-order chi connectivity index (χ1) is 9.11. The maximum atomic E-state index is 8.81. The fourth-order valence-electron chi connectivity index (χ4n) is 1.53. The molecule has 3 N–H and O–H groups in total. The van der Waals surface area contributed by atoms with Crippen molar-refractivity contribution in [2.45, 2.75) is 6.92 Å². The Kier molecular flexibility index (Phi) is 4.01. The van der Waals surface area contributed by atoms with Crippen molar-refractivity contribution in [3.05, 3.63) is 52.3 Å². The van der Waals surface area contributed by atoms with E-state index in [-0.39, 0.29) is 5.84 Å². The maximum Gasteiger partial charge on any atom is 0.175 e. The first kappa shape index (κ1) is 13.4. The second kappa shape index (κ2) is 5.71. The Hall–Kier alpha value is -2.08. The number of aryl methyl sites for hydroxylation is 1. The third-order valence-corrected chi connectivity index (χ3v) is 3.11. The van der Waals surface area contributed by atoms with Crippen molar-refractivity contribution in [2.24, 2.45) is 10.9 Å². The standard InChI is InChI=1S/C13H12BrN3O2/c1-8-5-6-9(7-16-8)19-11-4-2-3-10(14)12(11)13(15)17-18/h2-7,18H,1H3,(H2,15,17). The number of rotatable bonds is 3. The highest BCUT2D eigenvalue weighted by molar-refractivity contribution is 9.10. The quantitative estimate of drug-likeness (QED) is 0.394. The van der Waals surface area contributed by atoms with Crippen molar-refractivity contribution < 1.29 is 9.94 Å². The Labute approximate surface area is 118 Å². The summed E-state index contributed by atoms with van der Waals surface area (Å²) in [5.74, 6) is 1.04. The van der Waals surface area contributed by atoms with Gasteiger partial charge in [0.05, 0.1) is 11.8 Å². The number of hydrogen-bond acceptors (Lipinski definition) is 4. The molecule has 19 heavy (non-hydrogen) atoms. The van der Waals surface area contributed by atoms with E-state index in [9.17, 15) is 0 Å². The zero-order valence-corrected chi connectivity index (χ0v) is 11.8. The van der Waals surface area contributed by atoms with Crippen LogP contribution in [0.4, 0.5) is 0 Å². The van der Waals surface area contributed by atoms with Gasteiger partial charge in [-0.2, -0.15) is 0 Å². The molecule has 0 saturated carbocycles. The van der Waals surface area contributed by atoms with Crippen molar-refractivity contribution in [3.8, 4) is 11.5 Å². The molecule has 0 bridgehead atoms. The van der Waals surface area contributed by atoms with E-state index in [2.05, 4.69) is 26.1 Å². The summed E-state index contributed by atoms with van der Waals surface area (Å²) in [4.78, 5) is 4.14. The second-order valence-corrected chi connectivity index (χ2v) is 4.69. The van der Waals surface area contributed by atoms with E-state index in [1.54, 1.807) is 30.5 Å². The van der Waals surface area contributed by atoms with Gasteiger partial charge < -0.3 is 15.7 Å². The summed E-state index contributed by atoms with van der Waals surface area (Å²) in [6.07, 6.45) is 1.62. The van der Waals surface area contributed by atoms with Crippen LogP contribution in [0.15, 0.2) is 46.2 Å². The van der Waals surface area contributed by atoms with Gasteiger partial charge in [-0.05, 0) is 47.1 Å². The molecule has 2 aromatic rings. The molecule has 98 valence electrons. The SMILES string of the molecule is Cc1ccc(Oc2cccc(Br)c2/C(N)=N/O)cn1. The minimum Gasteiger partial charge on any atom is -0.455 e. The highest BCUT2D eigenvalue weighted by Crippen LogP contribution is 2.30. The van der Waals surface area contributed by atoms with Gasteiger partial charge in [0.2, 0.25) is 0 Å². The van der Waals surface area contributed by atoms with Crippen LogP contribution in [-0.2, 0) is 0 Å². The number of benzene rings is 1. The molecule has 0 fully saturated rings. The molecule has 0 atom stereocenters. The van der Waals surface area contributed by atoms with Crippen molar-refractivity contribution in [1.29, 1.82) is 0 Å². The third kappa shape index (κ3) is 3.03. The lowest BCUT2D eigenvalue weighted by Gasteiger charge is -2.11. The number of hydrogen-bond donors (Lipinski definition) is 2. The van der Waals surface area contributed by atoms with E-state index >= 15 is 0 Å². The highest BCUT2D eigenvalue weighted by atomic mass is 79.9. The fourth-order valence-corrected chi connectivity index (χ4v) is 2.08. The molecule has 0 spiro atoms. The van der Waals surface area contributed by atoms with Crippen LogP contribution in [0, 0.1) is 6.92 Å². The summed E-state index contributed by atoms with van der Waals surface area (Å²) in [6.45, 7) is 1.89. The van der Waals surface area contributed by atoms with E-state index in [0.717, 1.165) is 5.69 Å². The van der Waals surface area contributed by atoms with Crippen LogP contribution in [0.2, 0.25) is 0 Å². The van der Waals surface area contributed by atoms with Crippen molar-refractivity contribution >= 4 is 21.8 Å². The minimum atomic E-state index is -0.0254. The van der Waals surface area contributed by atoms with Crippen LogP contribution in [0.5, 0.6) is 11.5 Å². The number of aromatic nitrogens is 1. The van der Waals surface area contributed by atoms with Gasteiger partial charge in [-0.3, -0.25) is 4.98 Å². The topological polar surface area (TPSA) is 80.7 Å². The van der Waals surface area contributed by atoms with E-state index in [0.29, 0.717) is 21.5 Å². The summed E-state index contributed by atoms with van der Waals surface area (Å²) in [6, 6.07) is 8.97. The molecular formula is C13H12BrN3O2. The van der Waals surface area contributed by atoms with E-state index in [4.69, 9.17) is 15.7 Å². The van der Waals surface area contributed by atoms with Crippen LogP contribution in [-0.4, -0.2) is 16.0 Å². The number of nitrogens with two attached hydrogens (primary N) is 1. The number of amidine groups is 1. The lowest BCUT2D eigenvalue weighted by atomic mass is 10.2. The molecule has 0 unspecified atom stereocenters. The maximum absolute atomic E-state index is 8.81. The Bertz CT molecular complexity index is 612. The average molecular weight is 322 g/mol. The van der Waals surface area contributed by atoms with Gasteiger partial charge >= 0.3 is 0 Å².